The Kier molecular flexibility index (Phi) is 6.36. The first-order chi connectivity index (χ1) is 12.6. The number of rotatable bonds is 6. The summed E-state index contributed by atoms with van der Waals surface area (Å²) in [4.78, 5) is 17.1. The number of hydrogen-bond acceptors (Lipinski definition) is 3. The van der Waals surface area contributed by atoms with Crippen LogP contribution in [0.15, 0.2) is 48.5 Å². The Morgan fingerprint density at radius 2 is 1.88 bits per heavy atom. The van der Waals surface area contributed by atoms with Crippen molar-refractivity contribution in [3.8, 4) is 0 Å². The van der Waals surface area contributed by atoms with Crippen molar-refractivity contribution in [2.45, 2.75) is 13.5 Å². The summed E-state index contributed by atoms with van der Waals surface area (Å²) < 4.78 is 18.9. The molecule has 5 heteroatoms. The van der Waals surface area contributed by atoms with E-state index in [9.17, 15) is 9.18 Å². The Balaban J connectivity index is 1.73. The van der Waals surface area contributed by atoms with Gasteiger partial charge < -0.3 is 9.64 Å². The van der Waals surface area contributed by atoms with E-state index in [-0.39, 0.29) is 11.7 Å². The van der Waals surface area contributed by atoms with E-state index in [0.29, 0.717) is 18.7 Å². The number of amides is 1. The first-order valence-electron chi connectivity index (χ1n) is 9.02. The highest BCUT2D eigenvalue weighted by atomic mass is 19.1. The lowest BCUT2D eigenvalue weighted by molar-refractivity contribution is 0.0320. The van der Waals surface area contributed by atoms with Crippen molar-refractivity contribution in [2.24, 2.45) is 0 Å². The number of carbonyl (C=O) groups is 1. The summed E-state index contributed by atoms with van der Waals surface area (Å²) in [5.74, 6) is -0.305. The second-order valence-electron chi connectivity index (χ2n) is 6.68. The maximum atomic E-state index is 13.5. The summed E-state index contributed by atoms with van der Waals surface area (Å²) in [5.41, 5.74) is 2.58. The van der Waals surface area contributed by atoms with Crippen LogP contribution in [0.3, 0.4) is 0 Å². The van der Waals surface area contributed by atoms with Crippen molar-refractivity contribution < 1.29 is 13.9 Å². The van der Waals surface area contributed by atoms with Crippen molar-refractivity contribution in [3.05, 3.63) is 71.0 Å². The third kappa shape index (κ3) is 5.13. The minimum Gasteiger partial charge on any atom is -0.379 e. The molecule has 1 aliphatic heterocycles. The number of hydrogen-bond donors (Lipinski definition) is 0. The molecule has 0 unspecified atom stereocenters. The van der Waals surface area contributed by atoms with Crippen LogP contribution in [0.2, 0.25) is 0 Å². The number of morpholine rings is 1. The van der Waals surface area contributed by atoms with Crippen LogP contribution in [0, 0.1) is 12.7 Å². The van der Waals surface area contributed by atoms with Crippen molar-refractivity contribution >= 4 is 5.91 Å². The number of carbonyl (C=O) groups excluding carboxylic acids is 1. The highest BCUT2D eigenvalue weighted by Crippen LogP contribution is 2.13. The molecule has 0 bridgehead atoms. The van der Waals surface area contributed by atoms with E-state index in [4.69, 9.17) is 4.74 Å². The van der Waals surface area contributed by atoms with Gasteiger partial charge in [-0.3, -0.25) is 9.69 Å². The van der Waals surface area contributed by atoms with E-state index in [0.717, 1.165) is 44.0 Å². The van der Waals surface area contributed by atoms with Gasteiger partial charge in [0.2, 0.25) is 0 Å². The molecule has 138 valence electrons. The average Bonchev–Trinajstić information content (AvgIpc) is 2.66. The van der Waals surface area contributed by atoms with Crippen LogP contribution in [0.25, 0.3) is 0 Å². The third-order valence-electron chi connectivity index (χ3n) is 4.64. The van der Waals surface area contributed by atoms with Crippen molar-refractivity contribution in [3.63, 3.8) is 0 Å². The lowest BCUT2D eigenvalue weighted by Gasteiger charge is -2.30. The average molecular weight is 356 g/mol. The first-order valence-corrected chi connectivity index (χ1v) is 9.02. The maximum absolute atomic E-state index is 13.5. The van der Waals surface area contributed by atoms with Gasteiger partial charge in [-0.2, -0.15) is 0 Å². The number of nitrogens with zero attached hydrogens (tertiary/aromatic N) is 2. The molecular weight excluding hydrogens is 331 g/mol. The Hall–Kier alpha value is -2.24. The van der Waals surface area contributed by atoms with Gasteiger partial charge in [0.1, 0.15) is 5.82 Å². The molecule has 1 heterocycles. The quantitative estimate of drug-likeness (QED) is 0.797. The molecular formula is C21H25FN2O2. The monoisotopic (exact) mass is 356 g/mol. The Morgan fingerprint density at radius 3 is 2.58 bits per heavy atom. The zero-order valence-electron chi connectivity index (χ0n) is 15.2. The molecule has 0 saturated carbocycles. The van der Waals surface area contributed by atoms with E-state index < -0.39 is 0 Å². The van der Waals surface area contributed by atoms with Gasteiger partial charge in [-0.05, 0) is 36.8 Å². The van der Waals surface area contributed by atoms with Gasteiger partial charge in [0, 0.05) is 38.3 Å². The molecule has 1 amide bonds. The minimum absolute atomic E-state index is 0.0254. The van der Waals surface area contributed by atoms with E-state index in [1.807, 2.05) is 37.3 Å². The highest BCUT2D eigenvalue weighted by molar-refractivity contribution is 5.94. The molecule has 1 saturated heterocycles. The van der Waals surface area contributed by atoms with Gasteiger partial charge in [-0.1, -0.05) is 29.8 Å². The summed E-state index contributed by atoms with van der Waals surface area (Å²) in [6, 6.07) is 14.0. The fourth-order valence-corrected chi connectivity index (χ4v) is 3.07. The Bertz CT molecular complexity index is 727. The number of halogens is 1. The van der Waals surface area contributed by atoms with Gasteiger partial charge in [0.05, 0.1) is 13.2 Å². The fraction of sp³-hybridized carbons (Fsp3) is 0.381. The van der Waals surface area contributed by atoms with E-state index >= 15 is 0 Å². The predicted octanol–water partition coefficient (Wildman–Crippen LogP) is 3.11. The normalized spacial score (nSPS) is 15.0. The molecule has 2 aromatic rings. The molecule has 0 spiro atoms. The van der Waals surface area contributed by atoms with Crippen molar-refractivity contribution in [1.29, 1.82) is 0 Å². The van der Waals surface area contributed by atoms with Gasteiger partial charge >= 0.3 is 0 Å². The number of benzene rings is 2. The van der Waals surface area contributed by atoms with Crippen LogP contribution in [-0.2, 0) is 11.3 Å². The summed E-state index contributed by atoms with van der Waals surface area (Å²) in [6.07, 6.45) is 0. The molecule has 0 atom stereocenters. The fourth-order valence-electron chi connectivity index (χ4n) is 3.07. The summed E-state index contributed by atoms with van der Waals surface area (Å²) in [5, 5.41) is 0. The Labute approximate surface area is 154 Å². The summed E-state index contributed by atoms with van der Waals surface area (Å²) in [7, 11) is 0. The number of aryl methyl sites for hydroxylation is 1. The van der Waals surface area contributed by atoms with E-state index in [2.05, 4.69) is 4.90 Å². The largest absolute Gasteiger partial charge is 0.379 e. The maximum Gasteiger partial charge on any atom is 0.254 e. The zero-order valence-corrected chi connectivity index (χ0v) is 15.2. The topological polar surface area (TPSA) is 32.8 Å². The molecule has 1 fully saturated rings. The molecule has 3 rings (SSSR count). The lowest BCUT2D eigenvalue weighted by atomic mass is 10.1. The van der Waals surface area contributed by atoms with Gasteiger partial charge in [-0.25, -0.2) is 4.39 Å². The lowest BCUT2D eigenvalue weighted by Crippen LogP contribution is -2.42. The minimum atomic E-state index is -0.279. The second-order valence-corrected chi connectivity index (χ2v) is 6.68. The standard InChI is InChI=1S/C21H25FN2O2/c1-17-5-7-19(8-6-17)21(25)24(10-9-23-11-13-26-14-12-23)16-18-3-2-4-20(22)15-18/h2-8,15H,9-14,16H2,1H3. The zero-order chi connectivity index (χ0) is 18.4. The molecule has 4 nitrogen and oxygen atoms in total. The number of ether oxygens (including phenoxy) is 1. The van der Waals surface area contributed by atoms with Crippen LogP contribution < -0.4 is 0 Å². The van der Waals surface area contributed by atoms with Crippen LogP contribution in [0.1, 0.15) is 21.5 Å². The van der Waals surface area contributed by atoms with Crippen LogP contribution in [0.5, 0.6) is 0 Å². The van der Waals surface area contributed by atoms with Crippen molar-refractivity contribution in [2.75, 3.05) is 39.4 Å². The molecule has 0 N–H and O–H groups in total. The summed E-state index contributed by atoms with van der Waals surface area (Å²) >= 11 is 0. The molecule has 2 aromatic carbocycles. The smallest absolute Gasteiger partial charge is 0.254 e. The van der Waals surface area contributed by atoms with Crippen molar-refractivity contribution in [1.82, 2.24) is 9.80 Å². The van der Waals surface area contributed by atoms with Gasteiger partial charge in [0.15, 0.2) is 0 Å². The molecule has 0 radical (unpaired) electrons. The van der Waals surface area contributed by atoms with E-state index in [1.165, 1.54) is 12.1 Å². The highest BCUT2D eigenvalue weighted by Gasteiger charge is 2.18. The SMILES string of the molecule is Cc1ccc(C(=O)N(CCN2CCOCC2)Cc2cccc(F)c2)cc1. The van der Waals surface area contributed by atoms with Gasteiger partial charge in [0.25, 0.3) is 5.91 Å². The predicted molar refractivity (Wildman–Crippen MR) is 99.6 cm³/mol. The van der Waals surface area contributed by atoms with E-state index in [1.54, 1.807) is 11.0 Å². The molecule has 0 aliphatic carbocycles. The Morgan fingerprint density at radius 1 is 1.15 bits per heavy atom. The van der Waals surface area contributed by atoms with Crippen LogP contribution in [0.4, 0.5) is 4.39 Å². The van der Waals surface area contributed by atoms with Gasteiger partial charge in [-0.15, -0.1) is 0 Å². The first kappa shape index (κ1) is 18.5. The summed E-state index contributed by atoms with van der Waals surface area (Å²) in [6.45, 7) is 7.01. The third-order valence-corrected chi connectivity index (χ3v) is 4.64. The molecule has 26 heavy (non-hydrogen) atoms. The van der Waals surface area contributed by atoms with Crippen LogP contribution >= 0.6 is 0 Å². The van der Waals surface area contributed by atoms with Crippen LogP contribution in [-0.4, -0.2) is 55.1 Å². The molecule has 1 aliphatic rings. The second kappa shape index (κ2) is 8.92. The molecule has 0 aromatic heterocycles.